The third-order valence-electron chi connectivity index (χ3n) is 3.18. The molecule has 1 unspecified atom stereocenters. The number of hydrogen-bond donors (Lipinski definition) is 2. The zero-order valence-electron chi connectivity index (χ0n) is 11.6. The van der Waals surface area contributed by atoms with Crippen molar-refractivity contribution < 1.29 is 4.74 Å². The number of aryl methyl sites for hydroxylation is 1. The minimum atomic E-state index is -0.167. The number of methoxy groups -OCH3 is 1. The SMILES string of the molecule is COc1ccc(C)cc1CC(NN)c1ncccc1Cl. The second-order valence-corrected chi connectivity index (χ2v) is 5.02. The molecule has 0 bridgehead atoms. The summed E-state index contributed by atoms with van der Waals surface area (Å²) in [5, 5.41) is 0.599. The summed E-state index contributed by atoms with van der Waals surface area (Å²) in [5.41, 5.74) is 5.75. The van der Waals surface area contributed by atoms with Crippen molar-refractivity contribution in [3.8, 4) is 5.75 Å². The van der Waals surface area contributed by atoms with Gasteiger partial charge in [0.05, 0.1) is 23.9 Å². The van der Waals surface area contributed by atoms with Crippen LogP contribution < -0.4 is 16.0 Å². The van der Waals surface area contributed by atoms with Crippen molar-refractivity contribution in [2.45, 2.75) is 19.4 Å². The van der Waals surface area contributed by atoms with Crippen LogP contribution in [-0.4, -0.2) is 12.1 Å². The van der Waals surface area contributed by atoms with Crippen molar-refractivity contribution in [2.75, 3.05) is 7.11 Å². The van der Waals surface area contributed by atoms with E-state index >= 15 is 0 Å². The lowest BCUT2D eigenvalue weighted by atomic mass is 10.0. The zero-order valence-corrected chi connectivity index (χ0v) is 12.3. The summed E-state index contributed by atoms with van der Waals surface area (Å²) in [6.45, 7) is 2.04. The first kappa shape index (κ1) is 14.8. The van der Waals surface area contributed by atoms with E-state index in [2.05, 4.69) is 16.5 Å². The fourth-order valence-electron chi connectivity index (χ4n) is 2.18. The summed E-state index contributed by atoms with van der Waals surface area (Å²) < 4.78 is 5.39. The smallest absolute Gasteiger partial charge is 0.122 e. The molecule has 0 spiro atoms. The Morgan fingerprint density at radius 1 is 1.40 bits per heavy atom. The highest BCUT2D eigenvalue weighted by Gasteiger charge is 2.17. The molecule has 1 atom stereocenters. The normalized spacial score (nSPS) is 12.2. The first-order valence-corrected chi connectivity index (χ1v) is 6.73. The van der Waals surface area contributed by atoms with Gasteiger partial charge in [0.15, 0.2) is 0 Å². The van der Waals surface area contributed by atoms with Gasteiger partial charge in [0.1, 0.15) is 5.75 Å². The molecule has 3 N–H and O–H groups in total. The minimum Gasteiger partial charge on any atom is -0.496 e. The number of nitrogens with two attached hydrogens (primary N) is 1. The Hall–Kier alpha value is -1.62. The van der Waals surface area contributed by atoms with E-state index in [9.17, 15) is 0 Å². The maximum Gasteiger partial charge on any atom is 0.122 e. The molecular weight excluding hydrogens is 274 g/mol. The highest BCUT2D eigenvalue weighted by atomic mass is 35.5. The fourth-order valence-corrected chi connectivity index (χ4v) is 2.43. The van der Waals surface area contributed by atoms with Crippen LogP contribution in [0.4, 0.5) is 0 Å². The topological polar surface area (TPSA) is 60.2 Å². The van der Waals surface area contributed by atoms with Gasteiger partial charge in [-0.3, -0.25) is 16.3 Å². The van der Waals surface area contributed by atoms with Crippen LogP contribution >= 0.6 is 11.6 Å². The van der Waals surface area contributed by atoms with Crippen LogP contribution in [0.25, 0.3) is 0 Å². The van der Waals surface area contributed by atoms with Gasteiger partial charge >= 0.3 is 0 Å². The molecule has 106 valence electrons. The molecule has 2 rings (SSSR count). The Balaban J connectivity index is 2.31. The predicted octanol–water partition coefficient (Wildman–Crippen LogP) is 2.80. The molecule has 0 aliphatic carbocycles. The number of pyridine rings is 1. The van der Waals surface area contributed by atoms with Gasteiger partial charge < -0.3 is 4.74 Å². The number of aromatic nitrogens is 1. The number of nitrogens with one attached hydrogen (secondary N) is 1. The van der Waals surface area contributed by atoms with Crippen LogP contribution in [0.3, 0.4) is 0 Å². The molecule has 0 saturated heterocycles. The Kier molecular flexibility index (Phi) is 4.95. The number of rotatable bonds is 5. The van der Waals surface area contributed by atoms with Gasteiger partial charge in [0.2, 0.25) is 0 Å². The molecule has 1 aromatic carbocycles. The molecule has 0 fully saturated rings. The second kappa shape index (κ2) is 6.70. The van der Waals surface area contributed by atoms with Crippen LogP contribution in [0, 0.1) is 6.92 Å². The molecule has 2 aromatic rings. The number of hydrogen-bond acceptors (Lipinski definition) is 4. The largest absolute Gasteiger partial charge is 0.496 e. The maximum atomic E-state index is 6.18. The molecule has 0 aliphatic rings. The average Bonchev–Trinajstić information content (AvgIpc) is 2.46. The molecule has 4 nitrogen and oxygen atoms in total. The van der Waals surface area contributed by atoms with Crippen molar-refractivity contribution in [1.82, 2.24) is 10.4 Å². The predicted molar refractivity (Wildman–Crippen MR) is 80.7 cm³/mol. The molecule has 1 heterocycles. The second-order valence-electron chi connectivity index (χ2n) is 4.61. The number of nitrogens with zero attached hydrogens (tertiary/aromatic N) is 1. The van der Waals surface area contributed by atoms with E-state index in [1.54, 1.807) is 19.4 Å². The molecular formula is C15H18ClN3O. The Labute approximate surface area is 123 Å². The maximum absolute atomic E-state index is 6.18. The first-order chi connectivity index (χ1) is 9.65. The van der Waals surface area contributed by atoms with Crippen molar-refractivity contribution >= 4 is 11.6 Å². The standard InChI is InChI=1S/C15H18ClN3O/c1-10-5-6-14(20-2)11(8-10)9-13(19-17)15-12(16)4-3-7-18-15/h3-8,13,19H,9,17H2,1-2H3. The third kappa shape index (κ3) is 3.28. The van der Waals surface area contributed by atoms with Crippen LogP contribution in [0.1, 0.15) is 22.9 Å². The Morgan fingerprint density at radius 2 is 2.20 bits per heavy atom. The molecule has 0 aliphatic heterocycles. The Bertz CT molecular complexity index is 589. The lowest BCUT2D eigenvalue weighted by Gasteiger charge is -2.18. The van der Waals surface area contributed by atoms with Crippen molar-refractivity contribution in [3.63, 3.8) is 0 Å². The van der Waals surface area contributed by atoms with Gasteiger partial charge in [0.25, 0.3) is 0 Å². The number of ether oxygens (including phenoxy) is 1. The van der Waals surface area contributed by atoms with Gasteiger partial charge in [-0.2, -0.15) is 0 Å². The lowest BCUT2D eigenvalue weighted by Crippen LogP contribution is -2.30. The van der Waals surface area contributed by atoms with Crippen molar-refractivity contribution in [3.05, 3.63) is 58.4 Å². The highest BCUT2D eigenvalue weighted by molar-refractivity contribution is 6.31. The van der Waals surface area contributed by atoms with E-state index < -0.39 is 0 Å². The van der Waals surface area contributed by atoms with Crippen LogP contribution in [0.5, 0.6) is 5.75 Å². The van der Waals surface area contributed by atoms with Crippen LogP contribution in [0.15, 0.2) is 36.5 Å². The van der Waals surface area contributed by atoms with E-state index in [4.69, 9.17) is 22.2 Å². The van der Waals surface area contributed by atoms with Gasteiger partial charge in [0, 0.05) is 6.20 Å². The van der Waals surface area contributed by atoms with E-state index in [1.807, 2.05) is 25.1 Å². The van der Waals surface area contributed by atoms with Gasteiger partial charge in [-0.1, -0.05) is 29.3 Å². The summed E-state index contributed by atoms with van der Waals surface area (Å²) in [4.78, 5) is 4.31. The summed E-state index contributed by atoms with van der Waals surface area (Å²) in [5.74, 6) is 6.50. The lowest BCUT2D eigenvalue weighted by molar-refractivity contribution is 0.405. The van der Waals surface area contributed by atoms with E-state index in [0.29, 0.717) is 11.4 Å². The zero-order chi connectivity index (χ0) is 14.5. The number of hydrazine groups is 1. The third-order valence-corrected chi connectivity index (χ3v) is 3.50. The summed E-state index contributed by atoms with van der Waals surface area (Å²) in [7, 11) is 1.66. The van der Waals surface area contributed by atoms with E-state index in [1.165, 1.54) is 5.56 Å². The van der Waals surface area contributed by atoms with Crippen LogP contribution in [0.2, 0.25) is 5.02 Å². The van der Waals surface area contributed by atoms with Crippen molar-refractivity contribution in [2.24, 2.45) is 5.84 Å². The van der Waals surface area contributed by atoms with E-state index in [0.717, 1.165) is 17.0 Å². The van der Waals surface area contributed by atoms with Gasteiger partial charge in [-0.05, 0) is 37.1 Å². The average molecular weight is 292 g/mol. The number of halogens is 1. The number of benzene rings is 1. The van der Waals surface area contributed by atoms with Gasteiger partial charge in [-0.25, -0.2) is 0 Å². The van der Waals surface area contributed by atoms with E-state index in [-0.39, 0.29) is 6.04 Å². The molecule has 0 amide bonds. The fraction of sp³-hybridized carbons (Fsp3) is 0.267. The Morgan fingerprint density at radius 3 is 2.85 bits per heavy atom. The highest BCUT2D eigenvalue weighted by Crippen LogP contribution is 2.27. The molecule has 5 heteroatoms. The van der Waals surface area contributed by atoms with Crippen LogP contribution in [-0.2, 0) is 6.42 Å². The molecule has 1 aromatic heterocycles. The van der Waals surface area contributed by atoms with Crippen molar-refractivity contribution in [1.29, 1.82) is 0 Å². The minimum absolute atomic E-state index is 0.167. The summed E-state index contributed by atoms with van der Waals surface area (Å²) in [6, 6.07) is 9.49. The summed E-state index contributed by atoms with van der Waals surface area (Å²) in [6.07, 6.45) is 2.36. The molecule has 0 saturated carbocycles. The summed E-state index contributed by atoms with van der Waals surface area (Å²) >= 11 is 6.18. The molecule has 20 heavy (non-hydrogen) atoms. The van der Waals surface area contributed by atoms with Gasteiger partial charge in [-0.15, -0.1) is 0 Å². The molecule has 0 radical (unpaired) electrons. The monoisotopic (exact) mass is 291 g/mol. The quantitative estimate of drug-likeness (QED) is 0.657. The first-order valence-electron chi connectivity index (χ1n) is 6.35.